The monoisotopic (exact) mass is 409 g/mol. The molecule has 0 radical (unpaired) electrons. The normalized spacial score (nSPS) is 11.5. The molecule has 0 amide bonds. The van der Waals surface area contributed by atoms with Crippen LogP contribution >= 0.6 is 0 Å². The van der Waals surface area contributed by atoms with Crippen molar-refractivity contribution in [2.75, 3.05) is 13.7 Å². The van der Waals surface area contributed by atoms with E-state index in [1.165, 1.54) is 6.07 Å². The minimum Gasteiger partial charge on any atom is -0.497 e. The summed E-state index contributed by atoms with van der Waals surface area (Å²) in [6, 6.07) is 17.1. The Kier molecular flexibility index (Phi) is 6.75. The van der Waals surface area contributed by atoms with Gasteiger partial charge in [0.1, 0.15) is 18.1 Å². The molecule has 3 aromatic rings. The van der Waals surface area contributed by atoms with Gasteiger partial charge in [-0.25, -0.2) is 4.79 Å². The molecule has 3 rings (SSSR count). The molecule has 0 spiro atoms. The van der Waals surface area contributed by atoms with E-state index in [1.54, 1.807) is 55.1 Å². The maximum Gasteiger partial charge on any atom is 0.349 e. The number of carboxylic acid groups (broad SMARTS) is 1. The van der Waals surface area contributed by atoms with Gasteiger partial charge in [0.05, 0.1) is 19.3 Å². The molecule has 0 bridgehead atoms. The summed E-state index contributed by atoms with van der Waals surface area (Å²) in [5.74, 6) is 0.282. The van der Waals surface area contributed by atoms with Gasteiger partial charge in [0.15, 0.2) is 5.75 Å². The molecule has 156 valence electrons. The topological polar surface area (TPSA) is 87.0 Å². The fourth-order valence-electron chi connectivity index (χ4n) is 2.98. The second-order valence-electron chi connectivity index (χ2n) is 6.56. The van der Waals surface area contributed by atoms with Crippen molar-refractivity contribution in [3.8, 4) is 17.2 Å². The first-order valence-corrected chi connectivity index (χ1v) is 9.41. The Bertz CT molecular complexity index is 1040. The van der Waals surface area contributed by atoms with Gasteiger partial charge in [0, 0.05) is 17.8 Å². The number of pyridine rings is 1. The van der Waals surface area contributed by atoms with Crippen molar-refractivity contribution >= 4 is 5.97 Å². The third kappa shape index (κ3) is 5.00. The van der Waals surface area contributed by atoms with E-state index in [9.17, 15) is 14.7 Å². The molecule has 1 unspecified atom stereocenters. The summed E-state index contributed by atoms with van der Waals surface area (Å²) in [4.78, 5) is 24.1. The third-order valence-electron chi connectivity index (χ3n) is 4.61. The molecule has 0 aliphatic rings. The number of carboxylic acids is 1. The van der Waals surface area contributed by atoms with Crippen LogP contribution in [0, 0.1) is 6.92 Å². The number of rotatable bonds is 9. The van der Waals surface area contributed by atoms with Crippen LogP contribution in [0.1, 0.15) is 17.4 Å². The molecule has 1 aromatic heterocycles. The first kappa shape index (κ1) is 21.0. The van der Waals surface area contributed by atoms with E-state index in [4.69, 9.17) is 14.2 Å². The lowest BCUT2D eigenvalue weighted by Gasteiger charge is -2.19. The molecular weight excluding hydrogens is 386 g/mol. The van der Waals surface area contributed by atoms with Gasteiger partial charge in [-0.05, 0) is 31.2 Å². The lowest BCUT2D eigenvalue weighted by molar-refractivity contribution is -0.145. The number of nitrogens with zero attached hydrogens (tertiary/aromatic N) is 1. The highest BCUT2D eigenvalue weighted by atomic mass is 16.5. The number of ether oxygens (including phenoxy) is 3. The Balaban J connectivity index is 1.74. The molecule has 0 aliphatic heterocycles. The minimum absolute atomic E-state index is 0.0122. The predicted octanol–water partition coefficient (Wildman–Crippen LogP) is 3.45. The summed E-state index contributed by atoms with van der Waals surface area (Å²) in [5.41, 5.74) is 0.618. The highest BCUT2D eigenvalue weighted by Gasteiger charge is 2.24. The third-order valence-corrected chi connectivity index (χ3v) is 4.61. The van der Waals surface area contributed by atoms with Crippen molar-refractivity contribution in [2.24, 2.45) is 0 Å². The molecule has 0 saturated heterocycles. The zero-order valence-corrected chi connectivity index (χ0v) is 16.8. The smallest absolute Gasteiger partial charge is 0.349 e. The molecule has 0 fully saturated rings. The van der Waals surface area contributed by atoms with Crippen LogP contribution in [0.3, 0.4) is 0 Å². The van der Waals surface area contributed by atoms with Crippen LogP contribution < -0.4 is 19.6 Å². The highest BCUT2D eigenvalue weighted by molar-refractivity contribution is 5.74. The number of hydrogen-bond donors (Lipinski definition) is 1. The van der Waals surface area contributed by atoms with Crippen LogP contribution in [0.4, 0.5) is 0 Å². The maximum absolute atomic E-state index is 12.4. The molecule has 1 heterocycles. The number of methoxy groups -OCH3 is 1. The first-order valence-electron chi connectivity index (χ1n) is 9.41. The molecule has 0 saturated carbocycles. The van der Waals surface area contributed by atoms with Gasteiger partial charge in [-0.1, -0.05) is 30.3 Å². The second kappa shape index (κ2) is 9.65. The molecule has 2 aromatic carbocycles. The highest BCUT2D eigenvalue weighted by Crippen LogP contribution is 2.23. The quantitative estimate of drug-likeness (QED) is 0.583. The molecule has 1 atom stereocenters. The summed E-state index contributed by atoms with van der Waals surface area (Å²) in [5, 5.41) is 9.58. The van der Waals surface area contributed by atoms with E-state index in [0.717, 1.165) is 5.75 Å². The van der Waals surface area contributed by atoms with Gasteiger partial charge in [0.2, 0.25) is 11.5 Å². The molecule has 7 nitrogen and oxygen atoms in total. The SMILES string of the molecule is COc1ccc(OCCn2ccc(=O)c(OC(C(=O)O)c3ccccc3)c2C)cc1. The van der Waals surface area contributed by atoms with Crippen LogP contribution in [0.25, 0.3) is 0 Å². The summed E-state index contributed by atoms with van der Waals surface area (Å²) >= 11 is 0. The van der Waals surface area contributed by atoms with E-state index < -0.39 is 12.1 Å². The molecule has 7 heteroatoms. The van der Waals surface area contributed by atoms with Gasteiger partial charge >= 0.3 is 5.97 Å². The van der Waals surface area contributed by atoms with E-state index in [-0.39, 0.29) is 11.2 Å². The second-order valence-corrected chi connectivity index (χ2v) is 6.56. The summed E-state index contributed by atoms with van der Waals surface area (Å²) < 4.78 is 18.3. The maximum atomic E-state index is 12.4. The van der Waals surface area contributed by atoms with E-state index in [1.807, 2.05) is 24.3 Å². The standard InChI is InChI=1S/C23H23NO6/c1-16-21(30-22(23(26)27)17-6-4-3-5-7-17)20(25)12-13-24(16)14-15-29-19-10-8-18(28-2)9-11-19/h3-13,22H,14-15H2,1-2H3,(H,26,27). The molecule has 30 heavy (non-hydrogen) atoms. The average molecular weight is 409 g/mol. The van der Waals surface area contributed by atoms with Gasteiger partial charge in [-0.3, -0.25) is 4.79 Å². The Hall–Kier alpha value is -3.74. The van der Waals surface area contributed by atoms with Gasteiger partial charge < -0.3 is 23.9 Å². The number of aliphatic carboxylic acids is 1. The molecule has 1 N–H and O–H groups in total. The van der Waals surface area contributed by atoms with E-state index >= 15 is 0 Å². The number of hydrogen-bond acceptors (Lipinski definition) is 5. The molecule has 0 aliphatic carbocycles. The van der Waals surface area contributed by atoms with Crippen molar-refractivity contribution in [1.82, 2.24) is 4.57 Å². The molecular formula is C23H23NO6. The lowest BCUT2D eigenvalue weighted by atomic mass is 10.1. The zero-order valence-electron chi connectivity index (χ0n) is 16.8. The predicted molar refractivity (Wildman–Crippen MR) is 111 cm³/mol. The van der Waals surface area contributed by atoms with Crippen LogP contribution in [-0.2, 0) is 11.3 Å². The lowest BCUT2D eigenvalue weighted by Crippen LogP contribution is -2.23. The summed E-state index contributed by atoms with van der Waals surface area (Å²) in [6.07, 6.45) is 0.365. The van der Waals surface area contributed by atoms with E-state index in [0.29, 0.717) is 30.2 Å². The Morgan fingerprint density at radius 2 is 1.70 bits per heavy atom. The van der Waals surface area contributed by atoms with Crippen LogP contribution in [0.15, 0.2) is 71.7 Å². The van der Waals surface area contributed by atoms with Crippen molar-refractivity contribution in [1.29, 1.82) is 0 Å². The summed E-state index contributed by atoms with van der Waals surface area (Å²) in [6.45, 7) is 2.53. The zero-order chi connectivity index (χ0) is 21.5. The number of carbonyl (C=O) groups is 1. The minimum atomic E-state index is -1.27. The fraction of sp³-hybridized carbons (Fsp3) is 0.217. The van der Waals surface area contributed by atoms with Crippen LogP contribution in [0.5, 0.6) is 17.2 Å². The Labute approximate surface area is 174 Å². The fourth-order valence-corrected chi connectivity index (χ4v) is 2.98. The number of aromatic nitrogens is 1. The number of benzene rings is 2. The van der Waals surface area contributed by atoms with Crippen molar-refractivity contribution in [3.63, 3.8) is 0 Å². The van der Waals surface area contributed by atoms with Gasteiger partial charge in [0.25, 0.3) is 0 Å². The first-order chi connectivity index (χ1) is 14.5. The van der Waals surface area contributed by atoms with E-state index in [2.05, 4.69) is 0 Å². The van der Waals surface area contributed by atoms with Gasteiger partial charge in [-0.2, -0.15) is 0 Å². The van der Waals surface area contributed by atoms with Gasteiger partial charge in [-0.15, -0.1) is 0 Å². The van der Waals surface area contributed by atoms with Crippen molar-refractivity contribution in [3.05, 3.63) is 88.3 Å². The Morgan fingerprint density at radius 1 is 1.03 bits per heavy atom. The average Bonchev–Trinajstić information content (AvgIpc) is 2.76. The van der Waals surface area contributed by atoms with Crippen LogP contribution in [-0.4, -0.2) is 29.4 Å². The summed E-state index contributed by atoms with van der Waals surface area (Å²) in [7, 11) is 1.60. The Morgan fingerprint density at radius 3 is 2.33 bits per heavy atom. The van der Waals surface area contributed by atoms with Crippen LogP contribution in [0.2, 0.25) is 0 Å². The largest absolute Gasteiger partial charge is 0.497 e. The van der Waals surface area contributed by atoms with Crippen molar-refractivity contribution in [2.45, 2.75) is 19.6 Å². The van der Waals surface area contributed by atoms with Crippen molar-refractivity contribution < 1.29 is 24.1 Å².